The number of ether oxygens (including phenoxy) is 4. The topological polar surface area (TPSA) is 222 Å². The van der Waals surface area contributed by atoms with Crippen molar-refractivity contribution in [2.75, 3.05) is 20.6 Å². The molecule has 0 aromatic carbocycles. The molecule has 59 heavy (non-hydrogen) atoms. The molecule has 2 fully saturated rings. The Labute approximate surface area is 346 Å². The van der Waals surface area contributed by atoms with Gasteiger partial charge in [0.2, 0.25) is 0 Å². The van der Waals surface area contributed by atoms with E-state index in [1.54, 1.807) is 68.6 Å². The zero-order valence-corrected chi connectivity index (χ0v) is 35.8. The molecule has 4 heterocycles. The fourth-order valence-corrected chi connectivity index (χ4v) is 8.51. The number of aliphatic hydroxyl groups is 2. The Morgan fingerprint density at radius 2 is 1.80 bits per heavy atom. The number of alkyl carbamates (subject to hydrolysis) is 1. The number of carbonyl (C=O) groups excluding carboxylic acids is 5. The van der Waals surface area contributed by atoms with Gasteiger partial charge in [0.25, 0.3) is 0 Å². The van der Waals surface area contributed by atoms with Gasteiger partial charge in [0, 0.05) is 61.3 Å². The molecule has 0 spiro atoms. The first-order chi connectivity index (χ1) is 27.7. The van der Waals surface area contributed by atoms with Crippen molar-refractivity contribution in [1.82, 2.24) is 29.7 Å². The van der Waals surface area contributed by atoms with E-state index in [1.807, 2.05) is 25.9 Å². The normalized spacial score (nSPS) is 35.3. The molecule has 2 aromatic rings. The van der Waals surface area contributed by atoms with E-state index >= 15 is 0 Å². The van der Waals surface area contributed by atoms with Crippen molar-refractivity contribution in [3.05, 3.63) is 42.9 Å². The van der Waals surface area contributed by atoms with Crippen LogP contribution < -0.4 is 5.32 Å². The molecule has 2 aromatic heterocycles. The molecule has 0 radical (unpaired) electrons. The number of likely N-dealkylation sites (N-methyl/N-ethyl adjacent to an activating group) is 1. The highest BCUT2D eigenvalue weighted by Crippen LogP contribution is 2.40. The number of ketones is 2. The van der Waals surface area contributed by atoms with E-state index in [4.69, 9.17) is 18.9 Å². The standard InChI is InChI=1S/C42H62N6O11/c1-11-32-42(8,55)30(14-18-49)26(4)34(50)24(2)20-41(7,59-40(54)45-15-12-13-29-22-48(23-46-29)33-21-43-16-17-44-33)37(27(5)35(51)28(6)38(53)57-32)58-39-36(52)31(47(9)10)19-25(3)56-39/h12-13,16-18,21-28,30-32,36-37,39,52,55H,11,14-15,19-20H2,1-10H3,(H,45,54)/b13-12+/t24-,25-,26?,27+,28-,30?,31+,32-,36-,37-,39+,41-,42+/m1/s1. The summed E-state index contributed by atoms with van der Waals surface area (Å²) in [7, 11) is 3.62. The molecule has 2 saturated heterocycles. The number of aldehydes is 1. The predicted molar refractivity (Wildman–Crippen MR) is 215 cm³/mol. The van der Waals surface area contributed by atoms with Crippen LogP contribution in [0.3, 0.4) is 0 Å². The number of esters is 1. The number of Topliss-reactive ketones (excluding diaryl/α,β-unsaturated/α-hetero) is 2. The van der Waals surface area contributed by atoms with Gasteiger partial charge in [0.05, 0.1) is 18.0 Å². The average Bonchev–Trinajstić information content (AvgIpc) is 3.67. The molecular formula is C42H62N6O11. The zero-order valence-electron chi connectivity index (χ0n) is 35.8. The smallest absolute Gasteiger partial charge is 0.408 e. The summed E-state index contributed by atoms with van der Waals surface area (Å²) in [6, 6.07) is -0.397. The van der Waals surface area contributed by atoms with Crippen molar-refractivity contribution in [3.8, 4) is 5.82 Å². The van der Waals surface area contributed by atoms with Crippen molar-refractivity contribution < 1.29 is 53.1 Å². The number of aliphatic hydroxyl groups excluding tert-OH is 1. The first-order valence-corrected chi connectivity index (χ1v) is 20.3. The molecule has 13 atom stereocenters. The summed E-state index contributed by atoms with van der Waals surface area (Å²) >= 11 is 0. The maximum absolute atomic E-state index is 14.4. The van der Waals surface area contributed by atoms with Crippen molar-refractivity contribution in [1.29, 1.82) is 0 Å². The van der Waals surface area contributed by atoms with Crippen LogP contribution in [-0.4, -0.2) is 133 Å². The Kier molecular flexibility index (Phi) is 16.2. The number of hydrogen-bond donors (Lipinski definition) is 3. The lowest BCUT2D eigenvalue weighted by atomic mass is 9.69. The fraction of sp³-hybridized carbons (Fsp3) is 0.667. The van der Waals surface area contributed by atoms with E-state index in [-0.39, 0.29) is 37.7 Å². The molecule has 0 saturated carbocycles. The molecule has 3 N–H and O–H groups in total. The molecule has 17 nitrogen and oxygen atoms in total. The van der Waals surface area contributed by atoms with Gasteiger partial charge in [-0.15, -0.1) is 0 Å². The summed E-state index contributed by atoms with van der Waals surface area (Å²) in [5.41, 5.74) is -3.04. The first kappa shape index (κ1) is 47.3. The number of amides is 1. The highest BCUT2D eigenvalue weighted by molar-refractivity contribution is 6.00. The second-order valence-electron chi connectivity index (χ2n) is 16.7. The van der Waals surface area contributed by atoms with Crippen LogP contribution in [0.5, 0.6) is 0 Å². The van der Waals surface area contributed by atoms with Crippen LogP contribution >= 0.6 is 0 Å². The van der Waals surface area contributed by atoms with Crippen molar-refractivity contribution >= 4 is 36.0 Å². The summed E-state index contributed by atoms with van der Waals surface area (Å²) in [5.74, 6) is -6.72. The van der Waals surface area contributed by atoms with Crippen molar-refractivity contribution in [2.24, 2.45) is 29.6 Å². The predicted octanol–water partition coefficient (Wildman–Crippen LogP) is 3.34. The van der Waals surface area contributed by atoms with Crippen LogP contribution in [0.4, 0.5) is 4.79 Å². The Bertz CT molecular complexity index is 1790. The van der Waals surface area contributed by atoms with Crippen LogP contribution in [0.2, 0.25) is 0 Å². The molecule has 0 bridgehead atoms. The SMILES string of the molecule is CC[C@H]1OC(=O)[C@H](C)C(=O)[C@H](C)[C@@H](O[C@@H]2O[C@H](C)C[C@H](N(C)C)[C@H]2O)[C@](C)(OC(=O)NC/C=C/c2cn(-c3cnccn3)cn2)C[C@@H](C)C(=O)C(C)C(CC=O)[C@]1(C)O. The number of carbonyl (C=O) groups is 5. The third-order valence-corrected chi connectivity index (χ3v) is 11.9. The van der Waals surface area contributed by atoms with Gasteiger partial charge in [-0.2, -0.15) is 0 Å². The maximum Gasteiger partial charge on any atom is 0.408 e. The van der Waals surface area contributed by atoms with Gasteiger partial charge in [0.1, 0.15) is 53.8 Å². The Morgan fingerprint density at radius 3 is 2.42 bits per heavy atom. The number of rotatable bonds is 11. The lowest BCUT2D eigenvalue weighted by Gasteiger charge is -2.47. The number of hydrogen-bond acceptors (Lipinski definition) is 15. The second kappa shape index (κ2) is 20.2. The van der Waals surface area contributed by atoms with Crippen LogP contribution in [0.15, 0.2) is 37.2 Å². The molecule has 2 unspecified atom stereocenters. The van der Waals surface area contributed by atoms with E-state index in [0.29, 0.717) is 24.2 Å². The van der Waals surface area contributed by atoms with Gasteiger partial charge in [-0.05, 0) is 67.1 Å². The Balaban J connectivity index is 1.73. The summed E-state index contributed by atoms with van der Waals surface area (Å²) in [5, 5.41) is 26.1. The van der Waals surface area contributed by atoms with Crippen LogP contribution in [0.25, 0.3) is 11.9 Å². The van der Waals surface area contributed by atoms with Gasteiger partial charge in [-0.25, -0.2) is 14.8 Å². The first-order valence-electron chi connectivity index (χ1n) is 20.3. The molecule has 326 valence electrons. The molecule has 2 aliphatic rings. The minimum Gasteiger partial charge on any atom is -0.459 e. The second-order valence-corrected chi connectivity index (χ2v) is 16.7. The van der Waals surface area contributed by atoms with Crippen LogP contribution in [0, 0.1) is 29.6 Å². The molecule has 1 amide bonds. The maximum atomic E-state index is 14.4. The van der Waals surface area contributed by atoms with E-state index in [0.717, 1.165) is 0 Å². The largest absolute Gasteiger partial charge is 0.459 e. The minimum atomic E-state index is -1.83. The highest BCUT2D eigenvalue weighted by Gasteiger charge is 2.53. The zero-order chi connectivity index (χ0) is 43.8. The van der Waals surface area contributed by atoms with E-state index < -0.39 is 89.3 Å². The van der Waals surface area contributed by atoms with Gasteiger partial charge in [-0.3, -0.25) is 23.9 Å². The van der Waals surface area contributed by atoms with Gasteiger partial charge in [0.15, 0.2) is 17.9 Å². The fourth-order valence-electron chi connectivity index (χ4n) is 8.51. The minimum absolute atomic E-state index is 0.00511. The summed E-state index contributed by atoms with van der Waals surface area (Å²) in [6.45, 7) is 12.6. The molecule has 2 aliphatic heterocycles. The summed E-state index contributed by atoms with van der Waals surface area (Å²) in [6.07, 6.45) is 5.85. The van der Waals surface area contributed by atoms with Gasteiger partial charge < -0.3 is 44.2 Å². The van der Waals surface area contributed by atoms with Crippen molar-refractivity contribution in [3.63, 3.8) is 0 Å². The molecule has 17 heteroatoms. The summed E-state index contributed by atoms with van der Waals surface area (Å²) in [4.78, 5) is 82.7. The quantitative estimate of drug-likeness (QED) is 0.168. The molecular weight excluding hydrogens is 764 g/mol. The highest BCUT2D eigenvalue weighted by atomic mass is 16.7. The average molecular weight is 827 g/mol. The number of nitrogens with one attached hydrogen (secondary N) is 1. The lowest BCUT2D eigenvalue weighted by Crippen LogP contribution is -2.60. The van der Waals surface area contributed by atoms with Crippen molar-refractivity contribution in [2.45, 2.75) is 129 Å². The van der Waals surface area contributed by atoms with Crippen LogP contribution in [0.1, 0.15) is 86.8 Å². The van der Waals surface area contributed by atoms with Gasteiger partial charge >= 0.3 is 12.1 Å². The van der Waals surface area contributed by atoms with Crippen LogP contribution in [-0.2, 0) is 38.1 Å². The van der Waals surface area contributed by atoms with E-state index in [2.05, 4.69) is 20.3 Å². The third-order valence-electron chi connectivity index (χ3n) is 11.9. The van der Waals surface area contributed by atoms with E-state index in [9.17, 15) is 34.2 Å². The van der Waals surface area contributed by atoms with Gasteiger partial charge in [-0.1, -0.05) is 33.8 Å². The Morgan fingerprint density at radius 1 is 1.08 bits per heavy atom. The Hall–Kier alpha value is -4.42. The monoisotopic (exact) mass is 826 g/mol. The number of cyclic esters (lactones) is 1. The van der Waals surface area contributed by atoms with E-state index in [1.165, 1.54) is 27.7 Å². The summed E-state index contributed by atoms with van der Waals surface area (Å²) < 4.78 is 26.4. The number of nitrogens with zero attached hydrogens (tertiary/aromatic N) is 5. The molecule has 4 rings (SSSR count). The lowest BCUT2D eigenvalue weighted by molar-refractivity contribution is -0.292. The number of imidazole rings is 1. The third kappa shape index (κ3) is 11.2. The number of aromatic nitrogens is 4. The molecule has 0 aliphatic carbocycles.